The molecule has 2 heterocycles. The Kier molecular flexibility index (Phi) is 3.11. The molecule has 3 aromatic rings. The van der Waals surface area contributed by atoms with Gasteiger partial charge in [-0.2, -0.15) is 0 Å². The highest BCUT2D eigenvalue weighted by Gasteiger charge is 2.30. The summed E-state index contributed by atoms with van der Waals surface area (Å²) in [6.45, 7) is 2.10. The standard InChI is InChI=1S/C17H17N5/c1-12-7-9-14(10-8-12)16-11-15(13-5-3-2-4-6-13)18-17-19-20-21-22(16)17/h2-10,15-16H,11H2,1H3,(H,18,19,21)/t15-,16+/m0/s1. The minimum Gasteiger partial charge on any atom is -0.346 e. The number of aryl methyl sites for hydroxylation is 1. The first-order chi connectivity index (χ1) is 10.8. The van der Waals surface area contributed by atoms with Gasteiger partial charge in [-0.05, 0) is 34.9 Å². The molecule has 22 heavy (non-hydrogen) atoms. The Balaban J connectivity index is 1.73. The zero-order valence-electron chi connectivity index (χ0n) is 12.3. The zero-order chi connectivity index (χ0) is 14.9. The molecular weight excluding hydrogens is 274 g/mol. The van der Waals surface area contributed by atoms with Crippen molar-refractivity contribution in [2.75, 3.05) is 5.32 Å². The van der Waals surface area contributed by atoms with E-state index in [0.29, 0.717) is 0 Å². The second-order valence-electron chi connectivity index (χ2n) is 5.72. The number of hydrogen-bond donors (Lipinski definition) is 1. The van der Waals surface area contributed by atoms with Gasteiger partial charge in [0.1, 0.15) is 0 Å². The Morgan fingerprint density at radius 2 is 1.77 bits per heavy atom. The fourth-order valence-electron chi connectivity index (χ4n) is 3.01. The van der Waals surface area contributed by atoms with E-state index >= 15 is 0 Å². The molecular formula is C17H17N5. The van der Waals surface area contributed by atoms with E-state index in [9.17, 15) is 0 Å². The fraction of sp³-hybridized carbons (Fsp3) is 0.235. The molecule has 0 unspecified atom stereocenters. The van der Waals surface area contributed by atoms with Gasteiger partial charge in [0.25, 0.3) is 0 Å². The van der Waals surface area contributed by atoms with Crippen LogP contribution in [0.1, 0.15) is 35.2 Å². The lowest BCUT2D eigenvalue weighted by Crippen LogP contribution is -2.28. The first-order valence-corrected chi connectivity index (χ1v) is 7.47. The van der Waals surface area contributed by atoms with Gasteiger partial charge in [-0.25, -0.2) is 4.68 Å². The number of aromatic nitrogens is 4. The third kappa shape index (κ3) is 2.24. The van der Waals surface area contributed by atoms with E-state index in [1.807, 2.05) is 10.7 Å². The highest BCUT2D eigenvalue weighted by molar-refractivity contribution is 5.37. The first kappa shape index (κ1) is 13.0. The second-order valence-corrected chi connectivity index (χ2v) is 5.72. The predicted octanol–water partition coefficient (Wildman–Crippen LogP) is 3.13. The summed E-state index contributed by atoms with van der Waals surface area (Å²) < 4.78 is 1.88. The van der Waals surface area contributed by atoms with E-state index < -0.39 is 0 Å². The molecule has 0 saturated heterocycles. The molecule has 1 aliphatic rings. The molecule has 2 atom stereocenters. The maximum atomic E-state index is 4.16. The third-order valence-corrected chi connectivity index (χ3v) is 4.21. The van der Waals surface area contributed by atoms with Gasteiger partial charge in [-0.1, -0.05) is 65.3 Å². The van der Waals surface area contributed by atoms with Crippen molar-refractivity contribution in [1.29, 1.82) is 0 Å². The van der Waals surface area contributed by atoms with Crippen molar-refractivity contribution in [2.45, 2.75) is 25.4 Å². The molecule has 1 aliphatic heterocycles. The Morgan fingerprint density at radius 3 is 2.55 bits per heavy atom. The highest BCUT2D eigenvalue weighted by Crippen LogP contribution is 2.36. The summed E-state index contributed by atoms with van der Waals surface area (Å²) in [6.07, 6.45) is 0.922. The van der Waals surface area contributed by atoms with Crippen molar-refractivity contribution in [1.82, 2.24) is 20.2 Å². The maximum Gasteiger partial charge on any atom is 0.243 e. The van der Waals surface area contributed by atoms with Crippen LogP contribution in [0.3, 0.4) is 0 Å². The van der Waals surface area contributed by atoms with Crippen molar-refractivity contribution in [3.63, 3.8) is 0 Å². The van der Waals surface area contributed by atoms with E-state index in [1.165, 1.54) is 16.7 Å². The number of hydrogen-bond acceptors (Lipinski definition) is 4. The summed E-state index contributed by atoms with van der Waals surface area (Å²) in [5.74, 6) is 0.727. The molecule has 0 bridgehead atoms. The van der Waals surface area contributed by atoms with Crippen molar-refractivity contribution in [2.24, 2.45) is 0 Å². The van der Waals surface area contributed by atoms with Gasteiger partial charge in [-0.15, -0.1) is 0 Å². The van der Waals surface area contributed by atoms with Gasteiger partial charge in [0.15, 0.2) is 0 Å². The summed E-state index contributed by atoms with van der Waals surface area (Å²) in [6, 6.07) is 19.4. The second kappa shape index (κ2) is 5.26. The molecule has 110 valence electrons. The zero-order valence-corrected chi connectivity index (χ0v) is 12.3. The Morgan fingerprint density at radius 1 is 1.00 bits per heavy atom. The topological polar surface area (TPSA) is 55.6 Å². The van der Waals surface area contributed by atoms with Crippen LogP contribution in [-0.2, 0) is 0 Å². The maximum absolute atomic E-state index is 4.16. The molecule has 0 radical (unpaired) electrons. The number of fused-ring (bicyclic) bond motifs is 1. The molecule has 0 saturated carbocycles. The van der Waals surface area contributed by atoms with Crippen LogP contribution in [0.5, 0.6) is 0 Å². The molecule has 0 aliphatic carbocycles. The van der Waals surface area contributed by atoms with Gasteiger partial charge >= 0.3 is 0 Å². The number of nitrogens with zero attached hydrogens (tertiary/aromatic N) is 4. The molecule has 1 aromatic heterocycles. The summed E-state index contributed by atoms with van der Waals surface area (Å²) >= 11 is 0. The van der Waals surface area contributed by atoms with Crippen LogP contribution >= 0.6 is 0 Å². The van der Waals surface area contributed by atoms with Crippen LogP contribution < -0.4 is 5.32 Å². The summed E-state index contributed by atoms with van der Waals surface area (Å²) in [7, 11) is 0. The van der Waals surface area contributed by atoms with E-state index in [4.69, 9.17) is 0 Å². The van der Waals surface area contributed by atoms with Crippen LogP contribution in [0.25, 0.3) is 0 Å². The molecule has 4 rings (SSSR count). The Bertz CT molecular complexity index is 763. The SMILES string of the molecule is Cc1ccc([C@H]2C[C@@H](c3ccccc3)Nc3nnnn32)cc1. The van der Waals surface area contributed by atoms with Crippen molar-refractivity contribution >= 4 is 5.95 Å². The molecule has 0 spiro atoms. The summed E-state index contributed by atoms with van der Waals surface area (Å²) in [4.78, 5) is 0. The smallest absolute Gasteiger partial charge is 0.243 e. The molecule has 0 amide bonds. The van der Waals surface area contributed by atoms with Gasteiger partial charge in [0, 0.05) is 0 Å². The lowest BCUT2D eigenvalue weighted by molar-refractivity contribution is 0.424. The van der Waals surface area contributed by atoms with E-state index in [2.05, 4.69) is 76.3 Å². The van der Waals surface area contributed by atoms with Crippen molar-refractivity contribution in [3.05, 3.63) is 71.3 Å². The summed E-state index contributed by atoms with van der Waals surface area (Å²) in [5, 5.41) is 15.5. The first-order valence-electron chi connectivity index (χ1n) is 7.47. The van der Waals surface area contributed by atoms with Crippen LogP contribution in [0.15, 0.2) is 54.6 Å². The van der Waals surface area contributed by atoms with Crippen LogP contribution in [0, 0.1) is 6.92 Å². The number of nitrogens with one attached hydrogen (secondary N) is 1. The van der Waals surface area contributed by atoms with Crippen molar-refractivity contribution < 1.29 is 0 Å². The van der Waals surface area contributed by atoms with E-state index in [-0.39, 0.29) is 12.1 Å². The van der Waals surface area contributed by atoms with Gasteiger partial charge in [0.05, 0.1) is 12.1 Å². The lowest BCUT2D eigenvalue weighted by Gasteiger charge is -2.31. The highest BCUT2D eigenvalue weighted by atomic mass is 15.6. The largest absolute Gasteiger partial charge is 0.346 e. The molecule has 5 heteroatoms. The lowest BCUT2D eigenvalue weighted by atomic mass is 9.93. The number of rotatable bonds is 2. The number of anilines is 1. The van der Waals surface area contributed by atoms with Gasteiger partial charge in [0.2, 0.25) is 5.95 Å². The van der Waals surface area contributed by atoms with Crippen molar-refractivity contribution in [3.8, 4) is 0 Å². The minimum atomic E-state index is 0.150. The average Bonchev–Trinajstić information content (AvgIpc) is 3.04. The monoisotopic (exact) mass is 291 g/mol. The molecule has 1 N–H and O–H groups in total. The third-order valence-electron chi connectivity index (χ3n) is 4.21. The molecule has 2 aromatic carbocycles. The Hall–Kier alpha value is -2.69. The fourth-order valence-corrected chi connectivity index (χ4v) is 3.01. The normalized spacial score (nSPS) is 20.2. The number of tetrazole rings is 1. The average molecular weight is 291 g/mol. The van der Waals surface area contributed by atoms with Crippen LogP contribution in [-0.4, -0.2) is 20.2 Å². The molecule has 5 nitrogen and oxygen atoms in total. The quantitative estimate of drug-likeness (QED) is 0.788. The summed E-state index contributed by atoms with van der Waals surface area (Å²) in [5.41, 5.74) is 3.75. The van der Waals surface area contributed by atoms with Gasteiger partial charge in [-0.3, -0.25) is 0 Å². The van der Waals surface area contributed by atoms with E-state index in [0.717, 1.165) is 12.4 Å². The van der Waals surface area contributed by atoms with Gasteiger partial charge < -0.3 is 5.32 Å². The van der Waals surface area contributed by atoms with Crippen LogP contribution in [0.4, 0.5) is 5.95 Å². The predicted molar refractivity (Wildman–Crippen MR) is 84.6 cm³/mol. The van der Waals surface area contributed by atoms with Crippen LogP contribution in [0.2, 0.25) is 0 Å². The molecule has 0 fully saturated rings. The Labute approximate surface area is 129 Å². The number of benzene rings is 2. The van der Waals surface area contributed by atoms with E-state index in [1.54, 1.807) is 0 Å². The minimum absolute atomic E-state index is 0.150.